The molecule has 60 valence electrons. The van der Waals surface area contributed by atoms with Gasteiger partial charge in [-0.25, -0.2) is 0 Å². The van der Waals surface area contributed by atoms with Gasteiger partial charge in [0.05, 0.1) is 12.1 Å². The number of carbonyl (C=O) groups excluding carboxylic acids is 1. The van der Waals surface area contributed by atoms with Gasteiger partial charge in [0.15, 0.2) is 5.78 Å². The van der Waals surface area contributed by atoms with Crippen molar-refractivity contribution in [2.24, 2.45) is 0 Å². The van der Waals surface area contributed by atoms with Gasteiger partial charge in [0.25, 0.3) is 10.1 Å². The average Bonchev–Trinajstić information content (AvgIpc) is 1.81. The summed E-state index contributed by atoms with van der Waals surface area (Å²) in [6, 6.07) is 0. The van der Waals surface area contributed by atoms with Crippen molar-refractivity contribution in [2.75, 3.05) is 18.7 Å². The van der Waals surface area contributed by atoms with Crippen LogP contribution in [0.3, 0.4) is 0 Å². The number of halogens is 1. The first-order chi connectivity index (χ1) is 4.45. The standard InChI is InChI=1S/C4H7ClO4S/c1-10(7,8)9-3-4(6)2-5/h2-3H2,1H3. The number of ketones is 1. The molecule has 0 saturated heterocycles. The lowest BCUT2D eigenvalue weighted by atomic mass is 10.5. The van der Waals surface area contributed by atoms with Crippen LogP contribution < -0.4 is 0 Å². The molecule has 0 bridgehead atoms. The normalized spacial score (nSPS) is 11.4. The molecule has 10 heavy (non-hydrogen) atoms. The third-order valence-corrected chi connectivity index (χ3v) is 1.43. The van der Waals surface area contributed by atoms with Crippen molar-refractivity contribution in [2.45, 2.75) is 0 Å². The van der Waals surface area contributed by atoms with E-state index in [1.54, 1.807) is 0 Å². The lowest BCUT2D eigenvalue weighted by molar-refractivity contribution is -0.118. The van der Waals surface area contributed by atoms with E-state index in [9.17, 15) is 13.2 Å². The third-order valence-electron chi connectivity index (χ3n) is 0.583. The summed E-state index contributed by atoms with van der Waals surface area (Å²) in [6.07, 6.45) is 0.870. The Morgan fingerprint density at radius 3 is 2.40 bits per heavy atom. The van der Waals surface area contributed by atoms with Crippen molar-refractivity contribution in [3.05, 3.63) is 0 Å². The Morgan fingerprint density at radius 1 is 1.60 bits per heavy atom. The van der Waals surface area contributed by atoms with Crippen molar-refractivity contribution >= 4 is 27.5 Å². The summed E-state index contributed by atoms with van der Waals surface area (Å²) >= 11 is 5.06. The molecular formula is C4H7ClO4S. The maximum atomic E-state index is 10.3. The van der Waals surface area contributed by atoms with Crippen LogP contribution >= 0.6 is 11.6 Å². The number of carbonyl (C=O) groups is 1. The molecule has 0 heterocycles. The van der Waals surface area contributed by atoms with Gasteiger partial charge in [-0.2, -0.15) is 8.42 Å². The van der Waals surface area contributed by atoms with Crippen LogP contribution in [0.5, 0.6) is 0 Å². The predicted octanol–water partition coefficient (Wildman–Crippen LogP) is -0.230. The fourth-order valence-electron chi connectivity index (χ4n) is 0.211. The van der Waals surface area contributed by atoms with Gasteiger partial charge in [0.2, 0.25) is 0 Å². The topological polar surface area (TPSA) is 60.4 Å². The van der Waals surface area contributed by atoms with Crippen LogP contribution in [-0.4, -0.2) is 32.9 Å². The zero-order valence-corrected chi connectivity index (χ0v) is 6.91. The van der Waals surface area contributed by atoms with Gasteiger partial charge in [-0.15, -0.1) is 11.6 Å². The first-order valence-electron chi connectivity index (χ1n) is 2.38. The van der Waals surface area contributed by atoms with Crippen molar-refractivity contribution < 1.29 is 17.4 Å². The molecule has 4 nitrogen and oxygen atoms in total. The summed E-state index contributed by atoms with van der Waals surface area (Å²) in [4.78, 5) is 10.3. The monoisotopic (exact) mass is 186 g/mol. The lowest BCUT2D eigenvalue weighted by Crippen LogP contribution is -2.13. The molecule has 0 aliphatic carbocycles. The Balaban J connectivity index is 3.67. The first kappa shape index (κ1) is 9.87. The third kappa shape index (κ3) is 6.00. The maximum Gasteiger partial charge on any atom is 0.264 e. The minimum Gasteiger partial charge on any atom is -0.296 e. The Bertz CT molecular complexity index is 207. The van der Waals surface area contributed by atoms with E-state index in [-0.39, 0.29) is 5.88 Å². The molecule has 0 aliphatic heterocycles. The first-order valence-corrected chi connectivity index (χ1v) is 4.73. The smallest absolute Gasteiger partial charge is 0.264 e. The summed E-state index contributed by atoms with van der Waals surface area (Å²) in [5, 5.41) is 0. The molecule has 0 aromatic rings. The highest BCUT2D eigenvalue weighted by molar-refractivity contribution is 7.86. The second-order valence-corrected chi connectivity index (χ2v) is 3.55. The van der Waals surface area contributed by atoms with Gasteiger partial charge >= 0.3 is 0 Å². The van der Waals surface area contributed by atoms with Crippen LogP contribution in [-0.2, 0) is 19.1 Å². The molecule has 0 saturated carbocycles. The highest BCUT2D eigenvalue weighted by atomic mass is 35.5. The molecule has 0 unspecified atom stereocenters. The fourth-order valence-corrected chi connectivity index (χ4v) is 0.634. The van der Waals surface area contributed by atoms with Gasteiger partial charge in [-0.1, -0.05) is 0 Å². The average molecular weight is 187 g/mol. The molecule has 0 rings (SSSR count). The molecular weight excluding hydrogens is 180 g/mol. The van der Waals surface area contributed by atoms with E-state index in [2.05, 4.69) is 4.18 Å². The maximum absolute atomic E-state index is 10.3. The van der Waals surface area contributed by atoms with E-state index in [0.29, 0.717) is 0 Å². The molecule has 0 spiro atoms. The Kier molecular flexibility index (Phi) is 3.85. The van der Waals surface area contributed by atoms with Gasteiger partial charge in [0, 0.05) is 0 Å². The van der Waals surface area contributed by atoms with Gasteiger partial charge in [-0.3, -0.25) is 8.98 Å². The van der Waals surface area contributed by atoms with Crippen LogP contribution in [0.25, 0.3) is 0 Å². The van der Waals surface area contributed by atoms with Crippen LogP contribution in [0.1, 0.15) is 0 Å². The lowest BCUT2D eigenvalue weighted by Gasteiger charge is -1.95. The summed E-state index contributed by atoms with van der Waals surface area (Å²) in [6.45, 7) is -0.470. The largest absolute Gasteiger partial charge is 0.296 e. The van der Waals surface area contributed by atoms with Crippen LogP contribution in [0.4, 0.5) is 0 Å². The van der Waals surface area contributed by atoms with Crippen molar-refractivity contribution in [1.82, 2.24) is 0 Å². The molecule has 6 heteroatoms. The van der Waals surface area contributed by atoms with E-state index in [1.807, 2.05) is 0 Å². The quantitative estimate of drug-likeness (QED) is 0.450. The zero-order chi connectivity index (χ0) is 8.20. The second kappa shape index (κ2) is 3.90. The molecule has 0 radical (unpaired) electrons. The fraction of sp³-hybridized carbons (Fsp3) is 0.750. The van der Waals surface area contributed by atoms with Crippen LogP contribution in [0, 0.1) is 0 Å². The van der Waals surface area contributed by atoms with E-state index >= 15 is 0 Å². The highest BCUT2D eigenvalue weighted by Crippen LogP contribution is 1.87. The van der Waals surface area contributed by atoms with Gasteiger partial charge in [0.1, 0.15) is 6.61 Å². The number of alkyl halides is 1. The Morgan fingerprint density at radius 2 is 2.10 bits per heavy atom. The van der Waals surface area contributed by atoms with Gasteiger partial charge in [-0.05, 0) is 0 Å². The van der Waals surface area contributed by atoms with E-state index in [0.717, 1.165) is 6.26 Å². The van der Waals surface area contributed by atoms with Crippen molar-refractivity contribution in [3.63, 3.8) is 0 Å². The molecule has 0 amide bonds. The number of Topliss-reactive ketones (excluding diaryl/α,β-unsaturated/α-hetero) is 1. The molecule has 0 fully saturated rings. The molecule has 0 atom stereocenters. The molecule has 0 aliphatic rings. The minimum atomic E-state index is -3.51. The molecule has 0 N–H and O–H groups in total. The Hall–Kier alpha value is -0.130. The molecule has 0 aromatic heterocycles. The highest BCUT2D eigenvalue weighted by Gasteiger charge is 2.05. The van der Waals surface area contributed by atoms with E-state index in [1.165, 1.54) is 0 Å². The van der Waals surface area contributed by atoms with Crippen LogP contribution in [0.15, 0.2) is 0 Å². The number of rotatable bonds is 4. The van der Waals surface area contributed by atoms with Crippen LogP contribution in [0.2, 0.25) is 0 Å². The summed E-state index contributed by atoms with van der Waals surface area (Å²) in [5.74, 6) is -0.678. The number of hydrogen-bond acceptors (Lipinski definition) is 4. The Labute approximate surface area is 64.2 Å². The van der Waals surface area contributed by atoms with Crippen molar-refractivity contribution in [1.29, 1.82) is 0 Å². The zero-order valence-electron chi connectivity index (χ0n) is 5.33. The van der Waals surface area contributed by atoms with Crippen molar-refractivity contribution in [3.8, 4) is 0 Å². The number of hydrogen-bond donors (Lipinski definition) is 0. The van der Waals surface area contributed by atoms with E-state index in [4.69, 9.17) is 11.6 Å². The summed E-state index contributed by atoms with van der Waals surface area (Å²) < 4.78 is 24.6. The van der Waals surface area contributed by atoms with Gasteiger partial charge < -0.3 is 0 Å². The van der Waals surface area contributed by atoms with E-state index < -0.39 is 22.5 Å². The summed E-state index contributed by atoms with van der Waals surface area (Å²) in [5.41, 5.74) is 0. The SMILES string of the molecule is CS(=O)(=O)OCC(=O)CCl. The minimum absolute atomic E-state index is 0.227. The predicted molar refractivity (Wildman–Crippen MR) is 36.5 cm³/mol. The molecule has 0 aromatic carbocycles. The summed E-state index contributed by atoms with van der Waals surface area (Å²) in [7, 11) is -3.51. The second-order valence-electron chi connectivity index (χ2n) is 1.64.